The maximum Gasteiger partial charge on any atom is 0.421 e. The van der Waals surface area contributed by atoms with Gasteiger partial charge in [0.25, 0.3) is 5.56 Å². The first kappa shape index (κ1) is 25.1. The Morgan fingerprint density at radius 3 is 2.19 bits per heavy atom. The fraction of sp³-hybridized carbons (Fsp3) is 0.318. The van der Waals surface area contributed by atoms with Gasteiger partial charge in [-0.05, 0) is 11.6 Å². The predicted molar refractivity (Wildman–Crippen MR) is 115 cm³/mol. The van der Waals surface area contributed by atoms with Gasteiger partial charge in [-0.25, -0.2) is 15.1 Å². The average Bonchev–Trinajstić information content (AvgIpc) is 2.84. The molecule has 1 aliphatic heterocycles. The normalized spacial score (nSPS) is 14.7. The second-order valence-electron chi connectivity index (χ2n) is 7.97. The highest BCUT2D eigenvalue weighted by Crippen LogP contribution is 2.30. The van der Waals surface area contributed by atoms with Crippen LogP contribution in [0.1, 0.15) is 16.7 Å². The maximum absolute atomic E-state index is 13.2. The molecule has 0 radical (unpaired) electrons. The molecule has 8 nitrogen and oxygen atoms in total. The topological polar surface area (TPSA) is 95.1 Å². The number of aromatic amines is 1. The second-order valence-corrected chi connectivity index (χ2v) is 7.97. The molecule has 1 N–H and O–H groups in total. The molecule has 2 aromatic heterocycles. The molecule has 3 heterocycles. The third kappa shape index (κ3) is 5.47. The number of nitrogens with one attached hydrogen (secondary N) is 1. The number of carbonyl (C=O) groups excluding carboxylic acids is 1. The molecule has 0 bridgehead atoms. The van der Waals surface area contributed by atoms with Crippen LogP contribution in [0.25, 0.3) is 11.3 Å². The Morgan fingerprint density at radius 2 is 1.58 bits per heavy atom. The van der Waals surface area contributed by atoms with E-state index in [0.717, 1.165) is 0 Å². The summed E-state index contributed by atoms with van der Waals surface area (Å²) >= 11 is 0. The number of aromatic nitrogens is 4. The van der Waals surface area contributed by atoms with Crippen LogP contribution >= 0.6 is 0 Å². The zero-order chi connectivity index (χ0) is 26.1. The van der Waals surface area contributed by atoms with Gasteiger partial charge in [-0.2, -0.15) is 31.4 Å². The Hall–Kier alpha value is -3.97. The molecule has 1 amide bonds. The number of anilines is 1. The number of alkyl halides is 6. The van der Waals surface area contributed by atoms with Crippen molar-refractivity contribution in [3.8, 4) is 11.3 Å². The Bertz CT molecular complexity index is 1300. The summed E-state index contributed by atoms with van der Waals surface area (Å²) in [4.78, 5) is 35.2. The van der Waals surface area contributed by atoms with Gasteiger partial charge in [-0.3, -0.25) is 9.59 Å². The molecule has 0 atom stereocenters. The summed E-state index contributed by atoms with van der Waals surface area (Å²) in [5, 5.41) is 5.56. The van der Waals surface area contributed by atoms with E-state index in [-0.39, 0.29) is 55.7 Å². The monoisotopic (exact) mass is 512 g/mol. The summed E-state index contributed by atoms with van der Waals surface area (Å²) in [6.45, 7) is 1.07. The highest BCUT2D eigenvalue weighted by Gasteiger charge is 2.35. The summed E-state index contributed by atoms with van der Waals surface area (Å²) in [7, 11) is 0. The first-order valence-electron chi connectivity index (χ1n) is 10.6. The summed E-state index contributed by atoms with van der Waals surface area (Å²) in [5.74, 6) is -0.180. The Kier molecular flexibility index (Phi) is 6.69. The van der Waals surface area contributed by atoms with Crippen molar-refractivity contribution in [1.82, 2.24) is 25.1 Å². The number of rotatable bonds is 4. The molecule has 1 saturated heterocycles. The molecule has 0 unspecified atom stereocenters. The lowest BCUT2D eigenvalue weighted by Gasteiger charge is -2.35. The number of halogens is 6. The van der Waals surface area contributed by atoms with Crippen LogP contribution in [-0.2, 0) is 23.6 Å². The largest absolute Gasteiger partial charge is 0.421 e. The van der Waals surface area contributed by atoms with Crippen molar-refractivity contribution >= 4 is 11.9 Å². The quantitative estimate of drug-likeness (QED) is 0.540. The molecule has 3 aromatic rings. The number of H-pyrrole nitrogens is 1. The maximum atomic E-state index is 13.2. The Labute approximate surface area is 199 Å². The average molecular weight is 512 g/mol. The molecular weight excluding hydrogens is 494 g/mol. The van der Waals surface area contributed by atoms with Crippen molar-refractivity contribution in [1.29, 1.82) is 0 Å². The van der Waals surface area contributed by atoms with E-state index >= 15 is 0 Å². The van der Waals surface area contributed by atoms with Crippen molar-refractivity contribution in [2.24, 2.45) is 0 Å². The van der Waals surface area contributed by atoms with Gasteiger partial charge in [0.05, 0.1) is 17.7 Å². The SMILES string of the molecule is O=C(Cc1ccccc1-c1cc(C(F)(F)F)c(=O)[nH]n1)N1CCN(c2ncc(C(F)(F)F)cn2)CC1. The van der Waals surface area contributed by atoms with Gasteiger partial charge in [0.15, 0.2) is 0 Å². The van der Waals surface area contributed by atoms with Crippen molar-refractivity contribution in [3.63, 3.8) is 0 Å². The smallest absolute Gasteiger partial charge is 0.339 e. The molecule has 0 spiro atoms. The minimum Gasteiger partial charge on any atom is -0.339 e. The van der Waals surface area contributed by atoms with Gasteiger partial charge < -0.3 is 9.80 Å². The molecule has 1 fully saturated rings. The van der Waals surface area contributed by atoms with E-state index in [1.807, 2.05) is 5.10 Å². The first-order chi connectivity index (χ1) is 16.9. The molecule has 4 rings (SSSR count). The van der Waals surface area contributed by atoms with E-state index in [9.17, 15) is 35.9 Å². The highest BCUT2D eigenvalue weighted by atomic mass is 19.4. The van der Waals surface area contributed by atoms with Crippen molar-refractivity contribution in [3.05, 3.63) is 69.8 Å². The third-order valence-corrected chi connectivity index (χ3v) is 5.62. The van der Waals surface area contributed by atoms with Crippen LogP contribution in [0.5, 0.6) is 0 Å². The zero-order valence-corrected chi connectivity index (χ0v) is 18.4. The zero-order valence-electron chi connectivity index (χ0n) is 18.4. The number of benzene rings is 1. The van der Waals surface area contributed by atoms with E-state index in [2.05, 4.69) is 15.1 Å². The van der Waals surface area contributed by atoms with Gasteiger partial charge in [-0.1, -0.05) is 24.3 Å². The van der Waals surface area contributed by atoms with Gasteiger partial charge in [-0.15, -0.1) is 0 Å². The van der Waals surface area contributed by atoms with Crippen LogP contribution in [0.2, 0.25) is 0 Å². The van der Waals surface area contributed by atoms with Gasteiger partial charge in [0.1, 0.15) is 5.56 Å². The molecule has 1 aromatic carbocycles. The van der Waals surface area contributed by atoms with Crippen LogP contribution in [0.4, 0.5) is 32.3 Å². The van der Waals surface area contributed by atoms with E-state index in [0.29, 0.717) is 24.0 Å². The number of piperazine rings is 1. The van der Waals surface area contributed by atoms with Crippen LogP contribution in [-0.4, -0.2) is 57.2 Å². The van der Waals surface area contributed by atoms with Crippen molar-refractivity contribution in [2.45, 2.75) is 18.8 Å². The number of amides is 1. The van der Waals surface area contributed by atoms with E-state index in [4.69, 9.17) is 0 Å². The molecule has 0 saturated carbocycles. The van der Waals surface area contributed by atoms with Crippen LogP contribution in [0, 0.1) is 0 Å². The van der Waals surface area contributed by atoms with Crippen LogP contribution < -0.4 is 10.5 Å². The Morgan fingerprint density at radius 1 is 0.944 bits per heavy atom. The van der Waals surface area contributed by atoms with E-state index < -0.39 is 29.0 Å². The lowest BCUT2D eigenvalue weighted by atomic mass is 10.00. The summed E-state index contributed by atoms with van der Waals surface area (Å²) in [6.07, 6.45) is -8.14. The minimum atomic E-state index is -4.87. The minimum absolute atomic E-state index is 0.116. The van der Waals surface area contributed by atoms with Crippen molar-refractivity contribution in [2.75, 3.05) is 31.1 Å². The van der Waals surface area contributed by atoms with E-state index in [1.165, 1.54) is 6.07 Å². The number of nitrogens with zero attached hydrogens (tertiary/aromatic N) is 5. The third-order valence-electron chi connectivity index (χ3n) is 5.62. The van der Waals surface area contributed by atoms with Crippen LogP contribution in [0.3, 0.4) is 0 Å². The standard InChI is InChI=1S/C22H18F6N6O2/c23-21(24,25)14-11-29-20(30-12-14)34-7-5-33(6-8-34)18(35)9-13-3-1-2-4-15(13)17-10-16(22(26,27)28)19(36)32-31-17/h1-4,10-12H,5-9H2,(H,32,36). The highest BCUT2D eigenvalue weighted by molar-refractivity contribution is 5.82. The summed E-state index contributed by atoms with van der Waals surface area (Å²) < 4.78 is 77.6. The van der Waals surface area contributed by atoms with Gasteiger partial charge in [0.2, 0.25) is 11.9 Å². The molecule has 190 valence electrons. The fourth-order valence-electron chi connectivity index (χ4n) is 3.74. The second kappa shape index (κ2) is 9.59. The lowest BCUT2D eigenvalue weighted by molar-refractivity contribution is -0.139. The lowest BCUT2D eigenvalue weighted by Crippen LogP contribution is -2.49. The Balaban J connectivity index is 1.45. The molecule has 14 heteroatoms. The predicted octanol–water partition coefficient (Wildman–Crippen LogP) is 3.16. The number of hydrogen-bond acceptors (Lipinski definition) is 6. The molecular formula is C22H18F6N6O2. The number of carbonyl (C=O) groups is 1. The molecule has 0 aliphatic carbocycles. The first-order valence-corrected chi connectivity index (χ1v) is 10.6. The van der Waals surface area contributed by atoms with E-state index in [1.54, 1.807) is 28.0 Å². The summed E-state index contributed by atoms with van der Waals surface area (Å²) in [5.41, 5.74) is -3.16. The van der Waals surface area contributed by atoms with Gasteiger partial charge >= 0.3 is 12.4 Å². The fourth-order valence-corrected chi connectivity index (χ4v) is 3.74. The van der Waals surface area contributed by atoms with Crippen molar-refractivity contribution < 1.29 is 31.1 Å². The number of hydrogen-bond donors (Lipinski definition) is 1. The van der Waals surface area contributed by atoms with Gasteiger partial charge in [0, 0.05) is 44.1 Å². The molecule has 1 aliphatic rings. The van der Waals surface area contributed by atoms with Crippen LogP contribution in [0.15, 0.2) is 47.5 Å². The summed E-state index contributed by atoms with van der Waals surface area (Å²) in [6, 6.07) is 6.93. The molecule has 36 heavy (non-hydrogen) atoms.